The molecule has 3 aliphatic rings. The molecule has 110 valence electrons. The van der Waals surface area contributed by atoms with Crippen LogP contribution in [0.25, 0.3) is 0 Å². The first-order valence-electron chi connectivity index (χ1n) is 7.07. The van der Waals surface area contributed by atoms with E-state index in [0.717, 1.165) is 23.7 Å². The smallest absolute Gasteiger partial charge is 0.331 e. The average Bonchev–Trinajstić information content (AvgIpc) is 3.14. The van der Waals surface area contributed by atoms with Crippen LogP contribution in [0.4, 0.5) is 0 Å². The number of allylic oxidation sites excluding steroid dienone is 4. The van der Waals surface area contributed by atoms with Crippen LogP contribution in [0.15, 0.2) is 36.5 Å². The molecule has 4 unspecified atom stereocenters. The summed E-state index contributed by atoms with van der Waals surface area (Å²) >= 11 is 0. The summed E-state index contributed by atoms with van der Waals surface area (Å²) in [5.74, 6) is 1.90. The Kier molecular flexibility index (Phi) is 4.78. The van der Waals surface area contributed by atoms with Gasteiger partial charge in [0.1, 0.15) is 0 Å². The molecule has 3 N–H and O–H groups in total. The van der Waals surface area contributed by atoms with E-state index in [0.29, 0.717) is 0 Å². The molecule has 0 heterocycles. The predicted molar refractivity (Wildman–Crippen MR) is 75.9 cm³/mol. The molecule has 3 aliphatic carbocycles. The topological polar surface area (TPSA) is 77.8 Å². The number of hydrogen-bond donors (Lipinski definition) is 3. The lowest BCUT2D eigenvalue weighted by Gasteiger charge is -2.18. The van der Waals surface area contributed by atoms with Crippen molar-refractivity contribution < 1.29 is 20.1 Å². The zero-order valence-electron chi connectivity index (χ0n) is 11.5. The van der Waals surface area contributed by atoms with Gasteiger partial charge >= 0.3 is 5.97 Å². The van der Waals surface area contributed by atoms with Gasteiger partial charge in [0.2, 0.25) is 0 Å². The van der Waals surface area contributed by atoms with Crippen LogP contribution in [0.2, 0.25) is 0 Å². The summed E-state index contributed by atoms with van der Waals surface area (Å²) in [6, 6.07) is 0. The molecule has 2 bridgehead atoms. The summed E-state index contributed by atoms with van der Waals surface area (Å²) in [5.41, 5.74) is -0.162. The van der Waals surface area contributed by atoms with Crippen LogP contribution in [-0.4, -0.2) is 34.5 Å². The van der Waals surface area contributed by atoms with E-state index in [1.165, 1.54) is 12.8 Å². The van der Waals surface area contributed by atoms with Gasteiger partial charge in [-0.05, 0) is 36.5 Å². The van der Waals surface area contributed by atoms with E-state index < -0.39 is 11.9 Å². The zero-order chi connectivity index (χ0) is 14.7. The van der Waals surface area contributed by atoms with Crippen molar-refractivity contribution in [2.24, 2.45) is 29.6 Å². The molecule has 1 saturated carbocycles. The van der Waals surface area contributed by atoms with Crippen molar-refractivity contribution in [1.82, 2.24) is 0 Å². The van der Waals surface area contributed by atoms with Crippen molar-refractivity contribution >= 4 is 5.97 Å². The van der Waals surface area contributed by atoms with Gasteiger partial charge in [-0.2, -0.15) is 0 Å². The highest BCUT2D eigenvalue weighted by molar-refractivity contribution is 5.86. The number of aliphatic carboxylic acids is 1. The number of carbonyl (C=O) groups is 1. The van der Waals surface area contributed by atoms with Gasteiger partial charge in [0.15, 0.2) is 0 Å². The lowest BCUT2D eigenvalue weighted by atomic mass is 9.86. The van der Waals surface area contributed by atoms with Gasteiger partial charge < -0.3 is 15.3 Å². The molecular formula is C16H22O4. The van der Waals surface area contributed by atoms with Gasteiger partial charge in [-0.25, -0.2) is 4.79 Å². The number of rotatable bonds is 4. The first kappa shape index (κ1) is 15.0. The SMILES string of the molecule is C1=CC2C3C=CC(C3)C2C1.C=C(C(=O)O)C(CO)CO. The van der Waals surface area contributed by atoms with Gasteiger partial charge in [0.25, 0.3) is 0 Å². The molecule has 0 saturated heterocycles. The fourth-order valence-electron chi connectivity index (χ4n) is 3.43. The van der Waals surface area contributed by atoms with Crippen molar-refractivity contribution in [3.05, 3.63) is 36.5 Å². The van der Waals surface area contributed by atoms with E-state index in [4.69, 9.17) is 15.3 Å². The van der Waals surface area contributed by atoms with Crippen molar-refractivity contribution in [1.29, 1.82) is 0 Å². The molecule has 0 aromatic carbocycles. The summed E-state index contributed by atoms with van der Waals surface area (Å²) in [6.07, 6.45) is 12.5. The normalized spacial score (nSPS) is 32.1. The Labute approximate surface area is 119 Å². The lowest BCUT2D eigenvalue weighted by Crippen LogP contribution is -2.18. The first-order valence-corrected chi connectivity index (χ1v) is 7.07. The number of aliphatic hydroxyl groups excluding tert-OH is 2. The number of fused-ring (bicyclic) bond motifs is 5. The summed E-state index contributed by atoms with van der Waals surface area (Å²) < 4.78 is 0. The Morgan fingerprint density at radius 3 is 2.35 bits per heavy atom. The van der Waals surface area contributed by atoms with Crippen molar-refractivity contribution in [2.75, 3.05) is 13.2 Å². The fourth-order valence-corrected chi connectivity index (χ4v) is 3.43. The third-order valence-corrected chi connectivity index (χ3v) is 4.66. The Morgan fingerprint density at radius 1 is 1.20 bits per heavy atom. The Hall–Kier alpha value is -1.39. The predicted octanol–water partition coefficient (Wildman–Crippen LogP) is 1.61. The quantitative estimate of drug-likeness (QED) is 0.539. The number of carboxylic acid groups (broad SMARTS) is 1. The average molecular weight is 278 g/mol. The second-order valence-electron chi connectivity index (χ2n) is 5.75. The minimum atomic E-state index is -1.19. The maximum absolute atomic E-state index is 10.1. The van der Waals surface area contributed by atoms with Crippen LogP contribution >= 0.6 is 0 Å². The van der Waals surface area contributed by atoms with Crippen molar-refractivity contribution in [3.8, 4) is 0 Å². The van der Waals surface area contributed by atoms with Crippen LogP contribution in [0.3, 0.4) is 0 Å². The van der Waals surface area contributed by atoms with E-state index in [1.54, 1.807) is 0 Å². The molecule has 0 radical (unpaired) electrons. The molecule has 0 amide bonds. The van der Waals surface area contributed by atoms with Gasteiger partial charge in [0.05, 0.1) is 13.2 Å². The van der Waals surface area contributed by atoms with Gasteiger partial charge in [0, 0.05) is 11.5 Å². The van der Waals surface area contributed by atoms with Crippen LogP contribution in [-0.2, 0) is 4.79 Å². The first-order chi connectivity index (χ1) is 9.58. The molecule has 0 aromatic heterocycles. The number of hydrogen-bond acceptors (Lipinski definition) is 3. The van der Waals surface area contributed by atoms with E-state index >= 15 is 0 Å². The third kappa shape index (κ3) is 2.86. The standard InChI is InChI=1S/C10H12.C6H10O4/c1-2-9-7-4-5-8(6-7)10(9)3-1;1-4(6(9)10)5(2-7)3-8/h1-2,4-5,7-10H,3,6H2;5,7-8H,1-3H2,(H,9,10). The van der Waals surface area contributed by atoms with Gasteiger partial charge in [-0.3, -0.25) is 0 Å². The van der Waals surface area contributed by atoms with E-state index in [9.17, 15) is 4.79 Å². The fraction of sp³-hybridized carbons (Fsp3) is 0.562. The highest BCUT2D eigenvalue weighted by Gasteiger charge is 2.44. The molecule has 0 spiro atoms. The summed E-state index contributed by atoms with van der Waals surface area (Å²) in [5, 5.41) is 25.2. The molecule has 0 aromatic rings. The van der Waals surface area contributed by atoms with Crippen LogP contribution < -0.4 is 0 Å². The summed E-state index contributed by atoms with van der Waals surface area (Å²) in [7, 11) is 0. The van der Waals surface area contributed by atoms with Crippen LogP contribution in [0, 0.1) is 29.6 Å². The van der Waals surface area contributed by atoms with E-state index in [2.05, 4.69) is 30.9 Å². The van der Waals surface area contributed by atoms with Gasteiger partial charge in [-0.15, -0.1) is 0 Å². The Bertz CT molecular complexity index is 434. The highest BCUT2D eigenvalue weighted by atomic mass is 16.4. The lowest BCUT2D eigenvalue weighted by molar-refractivity contribution is -0.133. The van der Waals surface area contributed by atoms with Crippen molar-refractivity contribution in [2.45, 2.75) is 12.8 Å². The third-order valence-electron chi connectivity index (χ3n) is 4.66. The summed E-state index contributed by atoms with van der Waals surface area (Å²) in [6.45, 7) is 2.40. The molecule has 3 rings (SSSR count). The molecule has 4 heteroatoms. The maximum atomic E-state index is 10.1. The number of aliphatic hydroxyl groups is 2. The van der Waals surface area contributed by atoms with E-state index in [1.807, 2.05) is 0 Å². The molecular weight excluding hydrogens is 256 g/mol. The molecule has 20 heavy (non-hydrogen) atoms. The van der Waals surface area contributed by atoms with Gasteiger partial charge in [-0.1, -0.05) is 30.9 Å². The van der Waals surface area contributed by atoms with E-state index in [-0.39, 0.29) is 18.8 Å². The molecule has 1 fully saturated rings. The maximum Gasteiger partial charge on any atom is 0.331 e. The second-order valence-corrected chi connectivity index (χ2v) is 5.75. The minimum absolute atomic E-state index is 0.162. The molecule has 4 atom stereocenters. The van der Waals surface area contributed by atoms with Crippen LogP contribution in [0.5, 0.6) is 0 Å². The van der Waals surface area contributed by atoms with Crippen LogP contribution in [0.1, 0.15) is 12.8 Å². The highest BCUT2D eigenvalue weighted by Crippen LogP contribution is 2.52. The second kappa shape index (κ2) is 6.37. The largest absolute Gasteiger partial charge is 0.478 e. The summed E-state index contributed by atoms with van der Waals surface area (Å²) in [4.78, 5) is 10.1. The zero-order valence-corrected chi connectivity index (χ0v) is 11.5. The van der Waals surface area contributed by atoms with Crippen molar-refractivity contribution in [3.63, 3.8) is 0 Å². The number of carboxylic acids is 1. The molecule has 4 nitrogen and oxygen atoms in total. The monoisotopic (exact) mass is 278 g/mol. The molecule has 0 aliphatic heterocycles. The minimum Gasteiger partial charge on any atom is -0.478 e. The Balaban J connectivity index is 0.000000147. The Morgan fingerprint density at radius 2 is 1.85 bits per heavy atom.